The molecular formula is C16H13N3O4S. The zero-order valence-electron chi connectivity index (χ0n) is 12.3. The Bertz CT molecular complexity index is 1100. The molecule has 7 nitrogen and oxygen atoms in total. The van der Waals surface area contributed by atoms with Crippen LogP contribution in [0.3, 0.4) is 0 Å². The molecule has 1 amide bonds. The minimum atomic E-state index is -3.88. The molecule has 3 rings (SSSR count). The standard InChI is InChI=1S/C16H13N3O4S/c17-24(22,23)11-5-3-4-10(8-11)19-16(21)13-9-18-14-7-2-1-6-12(14)15(13)20/h1-9H,(H,18,20)(H,19,21)(H2,17,22,23). The second kappa shape index (κ2) is 5.91. The molecule has 0 aliphatic heterocycles. The number of carbonyl (C=O) groups is 1. The van der Waals surface area contributed by atoms with Crippen LogP contribution in [0.2, 0.25) is 0 Å². The summed E-state index contributed by atoms with van der Waals surface area (Å²) in [5.74, 6) is -0.645. The van der Waals surface area contributed by atoms with Gasteiger partial charge in [-0.2, -0.15) is 0 Å². The van der Waals surface area contributed by atoms with Crippen molar-refractivity contribution in [1.29, 1.82) is 0 Å². The average Bonchev–Trinajstić information content (AvgIpc) is 2.55. The summed E-state index contributed by atoms with van der Waals surface area (Å²) in [4.78, 5) is 27.5. The Balaban J connectivity index is 1.97. The number of pyridine rings is 1. The lowest BCUT2D eigenvalue weighted by Crippen LogP contribution is -2.22. The van der Waals surface area contributed by atoms with E-state index in [-0.39, 0.29) is 16.1 Å². The van der Waals surface area contributed by atoms with Gasteiger partial charge >= 0.3 is 0 Å². The van der Waals surface area contributed by atoms with E-state index in [1.165, 1.54) is 30.5 Å². The average molecular weight is 343 g/mol. The second-order valence-electron chi connectivity index (χ2n) is 5.10. The molecule has 1 aromatic heterocycles. The maximum Gasteiger partial charge on any atom is 0.261 e. The van der Waals surface area contributed by atoms with Crippen LogP contribution in [0.5, 0.6) is 0 Å². The van der Waals surface area contributed by atoms with E-state index in [1.54, 1.807) is 24.3 Å². The first-order valence-corrected chi connectivity index (χ1v) is 8.45. The molecule has 0 saturated heterocycles. The lowest BCUT2D eigenvalue weighted by Gasteiger charge is -2.07. The van der Waals surface area contributed by atoms with Crippen molar-refractivity contribution in [2.75, 3.05) is 5.32 Å². The van der Waals surface area contributed by atoms with Crippen molar-refractivity contribution in [3.63, 3.8) is 0 Å². The van der Waals surface area contributed by atoms with Gasteiger partial charge in [0, 0.05) is 22.8 Å². The quantitative estimate of drug-likeness (QED) is 0.666. The molecule has 0 atom stereocenters. The van der Waals surface area contributed by atoms with E-state index in [1.807, 2.05) is 0 Å². The number of rotatable bonds is 3. The van der Waals surface area contributed by atoms with E-state index in [0.29, 0.717) is 10.9 Å². The smallest absolute Gasteiger partial charge is 0.261 e. The van der Waals surface area contributed by atoms with Crippen LogP contribution in [-0.4, -0.2) is 19.3 Å². The summed E-state index contributed by atoms with van der Waals surface area (Å²) < 4.78 is 22.7. The maximum atomic E-state index is 12.4. The van der Waals surface area contributed by atoms with Gasteiger partial charge in [0.25, 0.3) is 5.91 Å². The van der Waals surface area contributed by atoms with Gasteiger partial charge in [0.2, 0.25) is 15.5 Å². The van der Waals surface area contributed by atoms with Crippen molar-refractivity contribution in [3.05, 3.63) is 70.5 Å². The Morgan fingerprint density at radius 1 is 1.08 bits per heavy atom. The number of H-pyrrole nitrogens is 1. The van der Waals surface area contributed by atoms with Crippen LogP contribution in [0.15, 0.2) is 64.4 Å². The van der Waals surface area contributed by atoms with Crippen molar-refractivity contribution in [3.8, 4) is 0 Å². The zero-order chi connectivity index (χ0) is 17.3. The highest BCUT2D eigenvalue weighted by Crippen LogP contribution is 2.15. The fraction of sp³-hybridized carbons (Fsp3) is 0. The highest BCUT2D eigenvalue weighted by molar-refractivity contribution is 7.89. The number of primary sulfonamides is 1. The van der Waals surface area contributed by atoms with E-state index in [0.717, 1.165) is 0 Å². The Morgan fingerprint density at radius 3 is 2.58 bits per heavy atom. The monoisotopic (exact) mass is 343 g/mol. The van der Waals surface area contributed by atoms with Gasteiger partial charge in [-0.1, -0.05) is 18.2 Å². The number of aromatic amines is 1. The topological polar surface area (TPSA) is 122 Å². The Hall–Kier alpha value is -2.97. The molecule has 0 aliphatic rings. The molecular weight excluding hydrogens is 330 g/mol. The number of hydrogen-bond donors (Lipinski definition) is 3. The zero-order valence-corrected chi connectivity index (χ0v) is 13.1. The third-order valence-electron chi connectivity index (χ3n) is 3.45. The molecule has 0 radical (unpaired) electrons. The van der Waals surface area contributed by atoms with Gasteiger partial charge in [0.15, 0.2) is 0 Å². The molecule has 122 valence electrons. The number of nitrogens with one attached hydrogen (secondary N) is 2. The van der Waals surface area contributed by atoms with E-state index in [4.69, 9.17) is 5.14 Å². The molecule has 0 bridgehead atoms. The fourth-order valence-electron chi connectivity index (χ4n) is 2.29. The van der Waals surface area contributed by atoms with E-state index >= 15 is 0 Å². The normalized spacial score (nSPS) is 11.4. The third-order valence-corrected chi connectivity index (χ3v) is 4.36. The van der Waals surface area contributed by atoms with Gasteiger partial charge in [-0.3, -0.25) is 9.59 Å². The van der Waals surface area contributed by atoms with Crippen LogP contribution in [0, 0.1) is 0 Å². The summed E-state index contributed by atoms with van der Waals surface area (Å²) in [7, 11) is -3.88. The SMILES string of the molecule is NS(=O)(=O)c1cccc(NC(=O)c2c[nH]c3ccccc3c2=O)c1. The molecule has 1 heterocycles. The van der Waals surface area contributed by atoms with Gasteiger partial charge in [-0.15, -0.1) is 0 Å². The van der Waals surface area contributed by atoms with Gasteiger partial charge in [0.1, 0.15) is 5.56 Å². The molecule has 4 N–H and O–H groups in total. The molecule has 0 fully saturated rings. The van der Waals surface area contributed by atoms with Crippen molar-refractivity contribution < 1.29 is 13.2 Å². The Labute approximate surface area is 137 Å². The number of hydrogen-bond acceptors (Lipinski definition) is 4. The number of aromatic nitrogens is 1. The summed E-state index contributed by atoms with van der Waals surface area (Å²) in [6, 6.07) is 12.3. The first-order chi connectivity index (χ1) is 11.4. The van der Waals surface area contributed by atoms with Crippen LogP contribution in [0.4, 0.5) is 5.69 Å². The number of benzene rings is 2. The van der Waals surface area contributed by atoms with Gasteiger partial charge in [0.05, 0.1) is 4.90 Å². The summed E-state index contributed by atoms with van der Waals surface area (Å²) in [6.07, 6.45) is 1.32. The molecule has 8 heteroatoms. The van der Waals surface area contributed by atoms with Crippen LogP contribution in [0.25, 0.3) is 10.9 Å². The second-order valence-corrected chi connectivity index (χ2v) is 6.67. The first-order valence-electron chi connectivity index (χ1n) is 6.91. The van der Waals surface area contributed by atoms with E-state index in [9.17, 15) is 18.0 Å². The van der Waals surface area contributed by atoms with E-state index < -0.39 is 21.4 Å². The predicted octanol–water partition coefficient (Wildman–Crippen LogP) is 1.43. The number of carbonyl (C=O) groups excluding carboxylic acids is 1. The van der Waals surface area contributed by atoms with Crippen LogP contribution in [0.1, 0.15) is 10.4 Å². The highest BCUT2D eigenvalue weighted by Gasteiger charge is 2.14. The predicted molar refractivity (Wildman–Crippen MR) is 90.3 cm³/mol. The molecule has 2 aromatic carbocycles. The van der Waals surface area contributed by atoms with E-state index in [2.05, 4.69) is 10.3 Å². The van der Waals surface area contributed by atoms with Crippen molar-refractivity contribution in [2.24, 2.45) is 5.14 Å². The Morgan fingerprint density at radius 2 is 1.83 bits per heavy atom. The Kier molecular flexibility index (Phi) is 3.92. The van der Waals surface area contributed by atoms with Gasteiger partial charge in [-0.25, -0.2) is 13.6 Å². The molecule has 0 unspecified atom stereocenters. The fourth-order valence-corrected chi connectivity index (χ4v) is 2.84. The molecule has 24 heavy (non-hydrogen) atoms. The third kappa shape index (κ3) is 3.05. The minimum Gasteiger partial charge on any atom is -0.360 e. The first kappa shape index (κ1) is 15.9. The summed E-state index contributed by atoms with van der Waals surface area (Å²) in [5, 5.41) is 7.95. The number of para-hydroxylation sites is 1. The largest absolute Gasteiger partial charge is 0.360 e. The number of amides is 1. The van der Waals surface area contributed by atoms with Crippen LogP contribution >= 0.6 is 0 Å². The van der Waals surface area contributed by atoms with Gasteiger partial charge < -0.3 is 10.3 Å². The lowest BCUT2D eigenvalue weighted by atomic mass is 10.1. The van der Waals surface area contributed by atoms with Crippen LogP contribution < -0.4 is 15.9 Å². The maximum absolute atomic E-state index is 12.4. The molecule has 0 spiro atoms. The number of anilines is 1. The van der Waals surface area contributed by atoms with Crippen molar-refractivity contribution in [1.82, 2.24) is 4.98 Å². The molecule has 3 aromatic rings. The van der Waals surface area contributed by atoms with Crippen molar-refractivity contribution >= 4 is 32.5 Å². The number of sulfonamides is 1. The summed E-state index contributed by atoms with van der Waals surface area (Å²) in [5.41, 5.74) is 0.355. The van der Waals surface area contributed by atoms with Crippen molar-refractivity contribution in [2.45, 2.75) is 4.90 Å². The summed E-state index contributed by atoms with van der Waals surface area (Å²) >= 11 is 0. The lowest BCUT2D eigenvalue weighted by molar-refractivity contribution is 0.102. The van der Waals surface area contributed by atoms with Gasteiger partial charge in [-0.05, 0) is 30.3 Å². The summed E-state index contributed by atoms with van der Waals surface area (Å²) in [6.45, 7) is 0. The minimum absolute atomic E-state index is 0.0743. The number of nitrogens with two attached hydrogens (primary N) is 1. The highest BCUT2D eigenvalue weighted by atomic mass is 32.2. The number of fused-ring (bicyclic) bond motifs is 1. The molecule has 0 aliphatic carbocycles. The molecule has 0 saturated carbocycles. The van der Waals surface area contributed by atoms with Crippen LogP contribution in [-0.2, 0) is 10.0 Å².